The molecular weight excluding hydrogens is 476 g/mol. The lowest BCUT2D eigenvalue weighted by Crippen LogP contribution is -2.23. The number of fused-ring (bicyclic) bond motifs is 3. The van der Waals surface area contributed by atoms with Crippen LogP contribution in [-0.4, -0.2) is 8.97 Å². The fraction of sp³-hybridized carbons (Fsp3) is 0.0833. The number of rotatable bonds is 3. The molecule has 0 fully saturated rings. The van der Waals surface area contributed by atoms with Gasteiger partial charge in [-0.25, -0.2) is 0 Å². The highest BCUT2D eigenvalue weighted by Gasteiger charge is 2.18. The molecule has 30 heavy (non-hydrogen) atoms. The summed E-state index contributed by atoms with van der Waals surface area (Å²) in [7, 11) is 0. The topological polar surface area (TPSA) is 26.4 Å². The number of benzene rings is 3. The average molecular weight is 493 g/mol. The molecular formula is C24H17BrN2OS2. The molecule has 0 radical (unpaired) electrons. The predicted molar refractivity (Wildman–Crippen MR) is 131 cm³/mol. The van der Waals surface area contributed by atoms with Crippen LogP contribution in [0.4, 0.5) is 0 Å². The first kappa shape index (κ1) is 19.4. The van der Waals surface area contributed by atoms with Crippen LogP contribution in [-0.2, 0) is 6.54 Å². The van der Waals surface area contributed by atoms with Crippen molar-refractivity contribution < 1.29 is 0 Å². The maximum atomic E-state index is 13.6. The van der Waals surface area contributed by atoms with Crippen LogP contribution in [0.15, 0.2) is 82.1 Å². The van der Waals surface area contributed by atoms with E-state index in [4.69, 9.17) is 12.2 Å². The molecule has 0 amide bonds. The highest BCUT2D eigenvalue weighted by Crippen LogP contribution is 2.33. The Labute approximate surface area is 191 Å². The number of aryl methyl sites for hydroxylation is 1. The summed E-state index contributed by atoms with van der Waals surface area (Å²) in [5.74, 6) is 0. The van der Waals surface area contributed by atoms with Crippen LogP contribution in [0.25, 0.3) is 27.0 Å². The third-order valence-electron chi connectivity index (χ3n) is 5.21. The van der Waals surface area contributed by atoms with E-state index in [1.807, 2.05) is 57.5 Å². The van der Waals surface area contributed by atoms with Gasteiger partial charge >= 0.3 is 0 Å². The van der Waals surface area contributed by atoms with Gasteiger partial charge < -0.3 is 0 Å². The average Bonchev–Trinajstić information content (AvgIpc) is 3.09. The van der Waals surface area contributed by atoms with Crippen molar-refractivity contribution in [1.29, 1.82) is 0 Å². The van der Waals surface area contributed by atoms with Crippen molar-refractivity contribution in [3.05, 3.63) is 103 Å². The molecule has 3 nitrogen and oxygen atoms in total. The monoisotopic (exact) mass is 492 g/mol. The Bertz CT molecular complexity index is 1530. The van der Waals surface area contributed by atoms with Gasteiger partial charge in [0.15, 0.2) is 3.95 Å². The molecule has 3 aromatic carbocycles. The molecule has 0 aliphatic carbocycles. The molecule has 2 heterocycles. The minimum Gasteiger partial charge on any atom is -0.288 e. The standard InChI is InChI=1S/C24H17BrN2OS2/c1-15-9-11-17(12-10-15)21-22-26(14-16-5-4-6-18(25)13-16)23(28)19-7-2-3-8-20(19)27(22)24(29)30-21/h2-13H,14H2,1H3. The summed E-state index contributed by atoms with van der Waals surface area (Å²) in [5.41, 5.74) is 5.00. The van der Waals surface area contributed by atoms with E-state index in [0.29, 0.717) is 11.9 Å². The first-order valence-corrected chi connectivity index (χ1v) is 11.5. The molecule has 5 rings (SSSR count). The normalized spacial score (nSPS) is 11.4. The number of nitrogens with zero attached hydrogens (tertiary/aromatic N) is 2. The van der Waals surface area contributed by atoms with Crippen molar-refractivity contribution in [2.24, 2.45) is 0 Å². The van der Waals surface area contributed by atoms with Crippen LogP contribution in [0, 0.1) is 10.9 Å². The summed E-state index contributed by atoms with van der Waals surface area (Å²) in [6, 6.07) is 24.1. The van der Waals surface area contributed by atoms with Gasteiger partial charge in [0, 0.05) is 4.47 Å². The van der Waals surface area contributed by atoms with Gasteiger partial charge in [0.1, 0.15) is 5.65 Å². The molecule has 0 saturated heterocycles. The van der Waals surface area contributed by atoms with E-state index in [2.05, 4.69) is 47.1 Å². The molecule has 6 heteroatoms. The van der Waals surface area contributed by atoms with Gasteiger partial charge in [-0.2, -0.15) is 0 Å². The highest BCUT2D eigenvalue weighted by molar-refractivity contribution is 9.10. The quantitative estimate of drug-likeness (QED) is 0.258. The van der Waals surface area contributed by atoms with Gasteiger partial charge in [0.25, 0.3) is 5.56 Å². The Morgan fingerprint density at radius 2 is 1.77 bits per heavy atom. The molecule has 5 aromatic rings. The van der Waals surface area contributed by atoms with Crippen LogP contribution in [0.1, 0.15) is 11.1 Å². The minimum absolute atomic E-state index is 0.00765. The third-order valence-corrected chi connectivity index (χ3v) is 7.11. The lowest BCUT2D eigenvalue weighted by Gasteiger charge is -2.14. The molecule has 0 aliphatic rings. The number of halogens is 1. The van der Waals surface area contributed by atoms with Crippen molar-refractivity contribution >= 4 is 56.0 Å². The third kappa shape index (κ3) is 3.25. The second-order valence-corrected chi connectivity index (χ2v) is 9.82. The van der Waals surface area contributed by atoms with Gasteiger partial charge in [0.05, 0.1) is 22.3 Å². The number of hydrogen-bond donors (Lipinski definition) is 0. The van der Waals surface area contributed by atoms with E-state index < -0.39 is 0 Å². The molecule has 2 aromatic heterocycles. The lowest BCUT2D eigenvalue weighted by atomic mass is 10.1. The molecule has 0 saturated carbocycles. The van der Waals surface area contributed by atoms with Crippen LogP contribution in [0.5, 0.6) is 0 Å². The molecule has 0 bridgehead atoms. The summed E-state index contributed by atoms with van der Waals surface area (Å²) >= 11 is 10.9. The fourth-order valence-electron chi connectivity index (χ4n) is 3.77. The number of aromatic nitrogens is 2. The molecule has 148 valence electrons. The second-order valence-electron chi connectivity index (χ2n) is 7.26. The highest BCUT2D eigenvalue weighted by atomic mass is 79.9. The lowest BCUT2D eigenvalue weighted by molar-refractivity contribution is 0.780. The van der Waals surface area contributed by atoms with Gasteiger partial charge in [-0.1, -0.05) is 70.0 Å². The maximum absolute atomic E-state index is 13.6. The number of para-hydroxylation sites is 1. The van der Waals surface area contributed by atoms with E-state index in [1.165, 1.54) is 5.56 Å². The van der Waals surface area contributed by atoms with E-state index >= 15 is 0 Å². The molecule has 0 atom stereocenters. The first-order chi connectivity index (χ1) is 14.5. The zero-order valence-electron chi connectivity index (χ0n) is 16.1. The van der Waals surface area contributed by atoms with Crippen LogP contribution < -0.4 is 5.56 Å². The molecule has 0 spiro atoms. The summed E-state index contributed by atoms with van der Waals surface area (Å²) in [4.78, 5) is 14.6. The Morgan fingerprint density at radius 3 is 2.53 bits per heavy atom. The van der Waals surface area contributed by atoms with Crippen molar-refractivity contribution in [2.75, 3.05) is 0 Å². The molecule has 0 aliphatic heterocycles. The van der Waals surface area contributed by atoms with Gasteiger partial charge in [0.2, 0.25) is 0 Å². The van der Waals surface area contributed by atoms with Crippen LogP contribution >= 0.6 is 39.5 Å². The van der Waals surface area contributed by atoms with Crippen molar-refractivity contribution in [3.8, 4) is 10.4 Å². The van der Waals surface area contributed by atoms with Crippen LogP contribution in [0.2, 0.25) is 0 Å². The van der Waals surface area contributed by atoms with Crippen molar-refractivity contribution in [2.45, 2.75) is 13.5 Å². The first-order valence-electron chi connectivity index (χ1n) is 9.51. The van der Waals surface area contributed by atoms with Gasteiger partial charge in [-0.05, 0) is 54.5 Å². The van der Waals surface area contributed by atoms with Crippen molar-refractivity contribution in [3.63, 3.8) is 0 Å². The Hall–Kier alpha value is -2.54. The predicted octanol–water partition coefficient (Wildman–Crippen LogP) is 6.83. The Balaban J connectivity index is 1.90. The fourth-order valence-corrected chi connectivity index (χ4v) is 5.65. The van der Waals surface area contributed by atoms with Gasteiger partial charge in [-0.3, -0.25) is 13.8 Å². The second kappa shape index (κ2) is 7.61. The van der Waals surface area contributed by atoms with Crippen molar-refractivity contribution in [1.82, 2.24) is 8.97 Å². The summed E-state index contributed by atoms with van der Waals surface area (Å²) in [6.45, 7) is 2.54. The zero-order valence-corrected chi connectivity index (χ0v) is 19.4. The molecule has 0 N–H and O–H groups in total. The smallest absolute Gasteiger partial charge is 0.261 e. The Morgan fingerprint density at radius 1 is 1.00 bits per heavy atom. The zero-order chi connectivity index (χ0) is 20.8. The SMILES string of the molecule is Cc1ccc(-c2sc(=S)n3c4ccccc4c(=O)n(Cc4cccc(Br)c4)c23)cc1. The van der Waals surface area contributed by atoms with E-state index in [9.17, 15) is 4.79 Å². The van der Waals surface area contributed by atoms with E-state index in [1.54, 1.807) is 11.3 Å². The number of thiazole rings is 1. The van der Waals surface area contributed by atoms with E-state index in [0.717, 1.165) is 35.6 Å². The summed E-state index contributed by atoms with van der Waals surface area (Å²) < 4.78 is 5.63. The summed E-state index contributed by atoms with van der Waals surface area (Å²) in [5, 5.41) is 0.671. The van der Waals surface area contributed by atoms with Crippen LogP contribution in [0.3, 0.4) is 0 Å². The maximum Gasteiger partial charge on any atom is 0.261 e. The largest absolute Gasteiger partial charge is 0.288 e. The Kier molecular flexibility index (Phi) is 4.93. The molecule has 0 unspecified atom stereocenters. The minimum atomic E-state index is -0.00765. The summed E-state index contributed by atoms with van der Waals surface area (Å²) in [6.07, 6.45) is 0. The number of hydrogen-bond acceptors (Lipinski definition) is 3. The van der Waals surface area contributed by atoms with E-state index in [-0.39, 0.29) is 5.56 Å². The van der Waals surface area contributed by atoms with Gasteiger partial charge in [-0.15, -0.1) is 11.3 Å².